The van der Waals surface area contributed by atoms with Gasteiger partial charge in [-0.15, -0.1) is 23.1 Å². The number of nitrogens with zero attached hydrogens (tertiary/aromatic N) is 3. The van der Waals surface area contributed by atoms with Crippen molar-refractivity contribution in [3.63, 3.8) is 0 Å². The van der Waals surface area contributed by atoms with E-state index in [0.29, 0.717) is 5.69 Å². The molecule has 0 fully saturated rings. The predicted molar refractivity (Wildman–Crippen MR) is 49.6 cm³/mol. The third-order valence-corrected chi connectivity index (χ3v) is 2.96. The second kappa shape index (κ2) is 2.81. The Morgan fingerprint density at radius 1 is 1.75 bits per heavy atom. The number of hydrogen-bond donors (Lipinski definition) is 0. The Labute approximate surface area is 77.7 Å². The summed E-state index contributed by atoms with van der Waals surface area (Å²) in [4.78, 5) is 5.17. The summed E-state index contributed by atoms with van der Waals surface area (Å²) in [5, 5.41) is 11.6. The van der Waals surface area contributed by atoms with Crippen LogP contribution in [-0.4, -0.2) is 15.6 Å². The lowest BCUT2D eigenvalue weighted by Gasteiger charge is -1.86. The van der Waals surface area contributed by atoms with Crippen LogP contribution in [0.2, 0.25) is 0 Å². The summed E-state index contributed by atoms with van der Waals surface area (Å²) in [6.07, 6.45) is 3.79. The molecule has 0 aliphatic carbocycles. The van der Waals surface area contributed by atoms with Gasteiger partial charge in [-0.25, -0.2) is 4.98 Å². The van der Waals surface area contributed by atoms with Crippen molar-refractivity contribution < 1.29 is 0 Å². The van der Waals surface area contributed by atoms with E-state index in [1.54, 1.807) is 11.3 Å². The normalized spacial score (nSPS) is 10.3. The van der Waals surface area contributed by atoms with Gasteiger partial charge in [-0.05, 0) is 6.26 Å². The van der Waals surface area contributed by atoms with Gasteiger partial charge in [0.2, 0.25) is 0 Å². The van der Waals surface area contributed by atoms with Gasteiger partial charge >= 0.3 is 0 Å². The monoisotopic (exact) mass is 195 g/mol. The van der Waals surface area contributed by atoms with E-state index in [1.807, 2.05) is 22.2 Å². The molecule has 0 saturated heterocycles. The van der Waals surface area contributed by atoms with E-state index in [4.69, 9.17) is 5.26 Å². The van der Waals surface area contributed by atoms with E-state index >= 15 is 0 Å². The maximum absolute atomic E-state index is 8.84. The standard InChI is InChI=1S/C7H5N3S2/c1-11-6-5(4-8)10-2-3-12-7(10)9-6/h2-3H,1H3. The van der Waals surface area contributed by atoms with Gasteiger partial charge in [-0.2, -0.15) is 5.26 Å². The quantitative estimate of drug-likeness (QED) is 0.653. The first-order valence-electron chi connectivity index (χ1n) is 3.26. The molecule has 0 aliphatic heterocycles. The summed E-state index contributed by atoms with van der Waals surface area (Å²) in [6, 6.07) is 2.14. The average Bonchev–Trinajstić information content (AvgIpc) is 2.61. The molecule has 2 aromatic rings. The van der Waals surface area contributed by atoms with Crippen LogP contribution in [0, 0.1) is 11.3 Å². The SMILES string of the molecule is CSc1nc2sccn2c1C#N. The van der Waals surface area contributed by atoms with Crippen LogP contribution in [0.4, 0.5) is 0 Å². The molecule has 0 radical (unpaired) electrons. The highest BCUT2D eigenvalue weighted by Crippen LogP contribution is 2.22. The molecule has 0 atom stereocenters. The van der Waals surface area contributed by atoms with Crippen LogP contribution in [0.1, 0.15) is 5.69 Å². The molecule has 2 aromatic heterocycles. The molecule has 0 spiro atoms. The molecule has 0 unspecified atom stereocenters. The lowest BCUT2D eigenvalue weighted by molar-refractivity contribution is 1.14. The van der Waals surface area contributed by atoms with Crippen molar-refractivity contribution in [3.8, 4) is 6.07 Å². The molecular weight excluding hydrogens is 190 g/mol. The zero-order valence-corrected chi connectivity index (χ0v) is 7.95. The zero-order chi connectivity index (χ0) is 8.55. The van der Waals surface area contributed by atoms with E-state index in [1.165, 1.54) is 11.8 Å². The maximum Gasteiger partial charge on any atom is 0.195 e. The van der Waals surface area contributed by atoms with E-state index < -0.39 is 0 Å². The van der Waals surface area contributed by atoms with Crippen molar-refractivity contribution in [1.29, 1.82) is 5.26 Å². The highest BCUT2D eigenvalue weighted by Gasteiger charge is 2.10. The summed E-state index contributed by atoms with van der Waals surface area (Å²) in [7, 11) is 0. The summed E-state index contributed by atoms with van der Waals surface area (Å²) in [6.45, 7) is 0. The number of aromatic nitrogens is 2. The molecule has 0 saturated carbocycles. The first-order valence-corrected chi connectivity index (χ1v) is 5.37. The van der Waals surface area contributed by atoms with Crippen molar-refractivity contribution >= 4 is 28.1 Å². The number of rotatable bonds is 1. The van der Waals surface area contributed by atoms with Crippen molar-refractivity contribution in [1.82, 2.24) is 9.38 Å². The van der Waals surface area contributed by atoms with Gasteiger partial charge in [0.15, 0.2) is 10.7 Å². The molecule has 5 heteroatoms. The van der Waals surface area contributed by atoms with Crippen molar-refractivity contribution in [2.24, 2.45) is 0 Å². The largest absolute Gasteiger partial charge is 0.281 e. The minimum absolute atomic E-state index is 0.638. The molecular formula is C7H5N3S2. The highest BCUT2D eigenvalue weighted by atomic mass is 32.2. The fourth-order valence-corrected chi connectivity index (χ4v) is 2.30. The van der Waals surface area contributed by atoms with Crippen LogP contribution < -0.4 is 0 Å². The van der Waals surface area contributed by atoms with Crippen molar-refractivity contribution in [2.45, 2.75) is 5.03 Å². The Morgan fingerprint density at radius 2 is 2.58 bits per heavy atom. The first kappa shape index (κ1) is 7.65. The number of thioether (sulfide) groups is 1. The van der Waals surface area contributed by atoms with Gasteiger partial charge < -0.3 is 0 Å². The second-order valence-corrected chi connectivity index (χ2v) is 3.81. The van der Waals surface area contributed by atoms with Crippen LogP contribution in [0.5, 0.6) is 0 Å². The Kier molecular flexibility index (Phi) is 1.79. The fourth-order valence-electron chi connectivity index (χ4n) is 1.01. The summed E-state index contributed by atoms with van der Waals surface area (Å²) in [5.74, 6) is 0. The Balaban J connectivity index is 2.81. The molecule has 60 valence electrons. The first-order chi connectivity index (χ1) is 5.86. The molecule has 0 aromatic carbocycles. The minimum Gasteiger partial charge on any atom is -0.281 e. The lowest BCUT2D eigenvalue weighted by Crippen LogP contribution is -1.82. The maximum atomic E-state index is 8.84. The Bertz CT molecular complexity index is 449. The van der Waals surface area contributed by atoms with Crippen LogP contribution in [0.3, 0.4) is 0 Å². The molecule has 0 N–H and O–H groups in total. The molecule has 3 nitrogen and oxygen atoms in total. The number of fused-ring (bicyclic) bond motifs is 1. The van der Waals surface area contributed by atoms with Gasteiger partial charge in [0.05, 0.1) is 0 Å². The molecule has 0 aliphatic rings. The summed E-state index contributed by atoms with van der Waals surface area (Å²) >= 11 is 3.04. The molecule has 0 amide bonds. The fraction of sp³-hybridized carbons (Fsp3) is 0.143. The van der Waals surface area contributed by atoms with Gasteiger partial charge in [-0.3, -0.25) is 4.40 Å². The van der Waals surface area contributed by atoms with Gasteiger partial charge in [0, 0.05) is 11.6 Å². The van der Waals surface area contributed by atoms with Crippen molar-refractivity contribution in [2.75, 3.05) is 6.26 Å². The van der Waals surface area contributed by atoms with Crippen molar-refractivity contribution in [3.05, 3.63) is 17.3 Å². The predicted octanol–water partition coefficient (Wildman–Crippen LogP) is 1.99. The molecule has 12 heavy (non-hydrogen) atoms. The number of imidazole rings is 1. The van der Waals surface area contributed by atoms with Crippen LogP contribution >= 0.6 is 23.1 Å². The average molecular weight is 195 g/mol. The smallest absolute Gasteiger partial charge is 0.195 e. The minimum atomic E-state index is 0.638. The van der Waals surface area contributed by atoms with E-state index in [9.17, 15) is 0 Å². The van der Waals surface area contributed by atoms with E-state index in [0.717, 1.165) is 9.99 Å². The molecule has 2 rings (SSSR count). The summed E-state index contributed by atoms with van der Waals surface area (Å²) in [5.41, 5.74) is 0.638. The third-order valence-electron chi connectivity index (χ3n) is 1.53. The number of hydrogen-bond acceptors (Lipinski definition) is 4. The van der Waals surface area contributed by atoms with E-state index in [2.05, 4.69) is 11.1 Å². The molecule has 0 bridgehead atoms. The Hall–Kier alpha value is -0.990. The topological polar surface area (TPSA) is 41.1 Å². The number of thiazole rings is 1. The van der Waals surface area contributed by atoms with Gasteiger partial charge in [-0.1, -0.05) is 0 Å². The van der Waals surface area contributed by atoms with Crippen LogP contribution in [-0.2, 0) is 0 Å². The highest BCUT2D eigenvalue weighted by molar-refractivity contribution is 7.98. The second-order valence-electron chi connectivity index (χ2n) is 2.14. The van der Waals surface area contributed by atoms with Gasteiger partial charge in [0.1, 0.15) is 11.1 Å². The Morgan fingerprint density at radius 3 is 3.25 bits per heavy atom. The van der Waals surface area contributed by atoms with Gasteiger partial charge in [0.25, 0.3) is 0 Å². The third kappa shape index (κ3) is 0.924. The molecule has 2 heterocycles. The number of nitriles is 1. The lowest BCUT2D eigenvalue weighted by atomic mass is 10.5. The summed E-state index contributed by atoms with van der Waals surface area (Å²) < 4.78 is 1.82. The van der Waals surface area contributed by atoms with E-state index in [-0.39, 0.29) is 0 Å². The zero-order valence-electron chi connectivity index (χ0n) is 6.31. The van der Waals surface area contributed by atoms with Crippen LogP contribution in [0.25, 0.3) is 4.96 Å². The van der Waals surface area contributed by atoms with Crippen LogP contribution in [0.15, 0.2) is 16.6 Å².